The lowest BCUT2D eigenvalue weighted by molar-refractivity contribution is 0.0939. The van der Waals surface area contributed by atoms with Crippen molar-refractivity contribution in [2.75, 3.05) is 6.54 Å². The van der Waals surface area contributed by atoms with Crippen LogP contribution in [-0.2, 0) is 6.54 Å². The van der Waals surface area contributed by atoms with Crippen LogP contribution in [0.3, 0.4) is 0 Å². The Kier molecular flexibility index (Phi) is 6.37. The lowest BCUT2D eigenvalue weighted by atomic mass is 10.2. The van der Waals surface area contributed by atoms with Crippen LogP contribution in [0.15, 0.2) is 48.7 Å². The zero-order valence-electron chi connectivity index (χ0n) is 15.7. The van der Waals surface area contributed by atoms with Gasteiger partial charge < -0.3 is 10.6 Å². The van der Waals surface area contributed by atoms with Crippen LogP contribution in [0.1, 0.15) is 52.9 Å². The maximum atomic E-state index is 13.8. The Morgan fingerprint density at radius 2 is 1.82 bits per heavy atom. The van der Waals surface area contributed by atoms with Crippen LogP contribution in [-0.4, -0.2) is 27.7 Å². The second-order valence-electron chi connectivity index (χ2n) is 6.48. The number of benzene rings is 1. The normalized spacial score (nSPS) is 10.8. The van der Waals surface area contributed by atoms with Gasteiger partial charge in [0.25, 0.3) is 11.8 Å². The highest BCUT2D eigenvalue weighted by Gasteiger charge is 2.21. The summed E-state index contributed by atoms with van der Waals surface area (Å²) in [5.74, 6) is -1.09. The fourth-order valence-electron chi connectivity index (χ4n) is 2.92. The fraction of sp³-hybridized carbons (Fsp3) is 0.286. The molecule has 0 radical (unpaired) electrons. The number of halogens is 1. The Bertz CT molecular complexity index is 983. The van der Waals surface area contributed by atoms with E-state index < -0.39 is 5.91 Å². The number of rotatable bonds is 8. The predicted octanol–water partition coefficient (Wildman–Crippen LogP) is 3.32. The van der Waals surface area contributed by atoms with E-state index in [0.717, 1.165) is 19.3 Å². The van der Waals surface area contributed by atoms with Crippen molar-refractivity contribution in [2.24, 2.45) is 0 Å². The number of pyridine rings is 1. The van der Waals surface area contributed by atoms with Crippen molar-refractivity contribution >= 4 is 17.3 Å². The van der Waals surface area contributed by atoms with Gasteiger partial charge in [0.15, 0.2) is 5.69 Å². The molecule has 3 rings (SSSR count). The number of amides is 2. The predicted molar refractivity (Wildman–Crippen MR) is 105 cm³/mol. The summed E-state index contributed by atoms with van der Waals surface area (Å²) in [6.45, 7) is 2.69. The Morgan fingerprint density at radius 3 is 2.61 bits per heavy atom. The van der Waals surface area contributed by atoms with Crippen LogP contribution >= 0.6 is 0 Å². The molecule has 6 nitrogen and oxygen atoms in total. The first-order chi connectivity index (χ1) is 13.6. The van der Waals surface area contributed by atoms with Crippen LogP contribution in [0.2, 0.25) is 0 Å². The molecular formula is C21H23FN4O2. The number of nitrogens with one attached hydrogen (secondary N) is 2. The summed E-state index contributed by atoms with van der Waals surface area (Å²) in [4.78, 5) is 29.4. The second-order valence-corrected chi connectivity index (χ2v) is 6.48. The molecule has 2 amide bonds. The van der Waals surface area contributed by atoms with Gasteiger partial charge in [0.2, 0.25) is 5.82 Å². The molecule has 7 heteroatoms. The van der Waals surface area contributed by atoms with E-state index in [0.29, 0.717) is 17.6 Å². The largest absolute Gasteiger partial charge is 0.351 e. The SMILES string of the molecule is CCCCCNC(=O)c1nc(C(=O)NCc2ccccc2F)n2ccccc12. The number of imidazole rings is 1. The Morgan fingerprint density at radius 1 is 1.04 bits per heavy atom. The summed E-state index contributed by atoms with van der Waals surface area (Å²) in [5.41, 5.74) is 1.13. The highest BCUT2D eigenvalue weighted by molar-refractivity contribution is 6.02. The van der Waals surface area contributed by atoms with Gasteiger partial charge in [0.1, 0.15) is 5.82 Å². The third-order valence-corrected chi connectivity index (χ3v) is 4.43. The topological polar surface area (TPSA) is 75.5 Å². The molecule has 0 bridgehead atoms. The van der Waals surface area contributed by atoms with Crippen molar-refractivity contribution in [3.05, 3.63) is 71.6 Å². The minimum atomic E-state index is -0.477. The van der Waals surface area contributed by atoms with E-state index in [1.165, 1.54) is 6.07 Å². The van der Waals surface area contributed by atoms with Crippen LogP contribution in [0, 0.1) is 5.82 Å². The van der Waals surface area contributed by atoms with E-state index in [1.807, 2.05) is 0 Å². The molecule has 0 aliphatic carbocycles. The van der Waals surface area contributed by atoms with E-state index in [9.17, 15) is 14.0 Å². The van der Waals surface area contributed by atoms with Crippen molar-refractivity contribution < 1.29 is 14.0 Å². The van der Waals surface area contributed by atoms with Crippen molar-refractivity contribution in [1.29, 1.82) is 0 Å². The lowest BCUT2D eigenvalue weighted by Gasteiger charge is -2.05. The average Bonchev–Trinajstić information content (AvgIpc) is 3.10. The van der Waals surface area contributed by atoms with Gasteiger partial charge in [-0.3, -0.25) is 14.0 Å². The number of carbonyl (C=O) groups is 2. The zero-order valence-corrected chi connectivity index (χ0v) is 15.7. The molecular weight excluding hydrogens is 359 g/mol. The van der Waals surface area contributed by atoms with Gasteiger partial charge in [-0.05, 0) is 24.6 Å². The Labute approximate surface area is 162 Å². The average molecular weight is 382 g/mol. The Hall–Kier alpha value is -3.22. The van der Waals surface area contributed by atoms with Crippen LogP contribution in [0.25, 0.3) is 5.52 Å². The molecule has 3 aromatic rings. The third-order valence-electron chi connectivity index (χ3n) is 4.43. The molecule has 1 aromatic carbocycles. The van der Waals surface area contributed by atoms with E-state index in [-0.39, 0.29) is 29.8 Å². The van der Waals surface area contributed by atoms with Gasteiger partial charge in [-0.1, -0.05) is 44.0 Å². The number of nitrogens with zero attached hydrogens (tertiary/aromatic N) is 2. The number of aromatic nitrogens is 2. The molecule has 0 unspecified atom stereocenters. The van der Waals surface area contributed by atoms with Gasteiger partial charge in [0, 0.05) is 24.8 Å². The molecule has 0 saturated heterocycles. The molecule has 0 atom stereocenters. The van der Waals surface area contributed by atoms with Crippen molar-refractivity contribution in [2.45, 2.75) is 32.7 Å². The number of unbranched alkanes of at least 4 members (excludes halogenated alkanes) is 2. The van der Waals surface area contributed by atoms with E-state index in [4.69, 9.17) is 0 Å². The minimum absolute atomic E-state index is 0.0335. The quantitative estimate of drug-likeness (QED) is 0.587. The van der Waals surface area contributed by atoms with Crippen molar-refractivity contribution in [3.63, 3.8) is 0 Å². The third kappa shape index (κ3) is 4.36. The highest BCUT2D eigenvalue weighted by atomic mass is 19.1. The van der Waals surface area contributed by atoms with Crippen molar-refractivity contribution in [3.8, 4) is 0 Å². The monoisotopic (exact) mass is 382 g/mol. The lowest BCUT2D eigenvalue weighted by Crippen LogP contribution is -2.26. The first-order valence-corrected chi connectivity index (χ1v) is 9.38. The van der Waals surface area contributed by atoms with Crippen molar-refractivity contribution in [1.82, 2.24) is 20.0 Å². The number of carbonyl (C=O) groups excluding carboxylic acids is 2. The summed E-state index contributed by atoms with van der Waals surface area (Å²) >= 11 is 0. The molecule has 2 heterocycles. The highest BCUT2D eigenvalue weighted by Crippen LogP contribution is 2.14. The molecule has 2 N–H and O–H groups in total. The number of hydrogen-bond acceptors (Lipinski definition) is 3. The van der Waals surface area contributed by atoms with Gasteiger partial charge in [-0.15, -0.1) is 0 Å². The van der Waals surface area contributed by atoms with Crippen LogP contribution < -0.4 is 10.6 Å². The summed E-state index contributed by atoms with van der Waals surface area (Å²) in [7, 11) is 0. The molecule has 2 aromatic heterocycles. The standard InChI is InChI=1S/C21H23FN4O2/c1-2-3-7-12-23-20(27)18-17-11-6-8-13-26(17)19(25-18)21(28)24-14-15-9-4-5-10-16(15)22/h4-6,8-11,13H,2-3,7,12,14H2,1H3,(H,23,27)(H,24,28). The van der Waals surface area contributed by atoms with Gasteiger partial charge in [-0.25, -0.2) is 9.37 Å². The minimum Gasteiger partial charge on any atom is -0.351 e. The molecule has 0 saturated carbocycles. The summed E-state index contributed by atoms with van der Waals surface area (Å²) in [6.07, 6.45) is 4.67. The fourth-order valence-corrected chi connectivity index (χ4v) is 2.92. The van der Waals surface area contributed by atoms with E-state index >= 15 is 0 Å². The van der Waals surface area contributed by atoms with Gasteiger partial charge in [-0.2, -0.15) is 0 Å². The van der Waals surface area contributed by atoms with Crippen LogP contribution in [0.4, 0.5) is 4.39 Å². The maximum Gasteiger partial charge on any atom is 0.287 e. The molecule has 0 fully saturated rings. The Balaban J connectivity index is 1.78. The number of hydrogen-bond donors (Lipinski definition) is 2. The maximum absolute atomic E-state index is 13.8. The molecule has 0 aliphatic heterocycles. The van der Waals surface area contributed by atoms with Gasteiger partial charge >= 0.3 is 0 Å². The zero-order chi connectivity index (χ0) is 19.9. The smallest absolute Gasteiger partial charge is 0.287 e. The first kappa shape index (κ1) is 19.5. The van der Waals surface area contributed by atoms with E-state index in [1.54, 1.807) is 47.0 Å². The molecule has 0 spiro atoms. The number of fused-ring (bicyclic) bond motifs is 1. The van der Waals surface area contributed by atoms with Gasteiger partial charge in [0.05, 0.1) is 5.52 Å². The molecule has 146 valence electrons. The molecule has 0 aliphatic rings. The second kappa shape index (κ2) is 9.12. The summed E-state index contributed by atoms with van der Waals surface area (Å²) < 4.78 is 15.3. The van der Waals surface area contributed by atoms with E-state index in [2.05, 4.69) is 22.5 Å². The molecule has 28 heavy (non-hydrogen) atoms. The summed E-state index contributed by atoms with van der Waals surface area (Å²) in [6, 6.07) is 11.5. The van der Waals surface area contributed by atoms with Crippen LogP contribution in [0.5, 0.6) is 0 Å². The first-order valence-electron chi connectivity index (χ1n) is 9.38. The summed E-state index contributed by atoms with van der Waals surface area (Å²) in [5, 5.41) is 5.51.